The number of carbonyl (C=O) groups excluding carboxylic acids is 1. The lowest BCUT2D eigenvalue weighted by Gasteiger charge is -2.21. The van der Waals surface area contributed by atoms with Crippen molar-refractivity contribution in [3.63, 3.8) is 0 Å². The van der Waals surface area contributed by atoms with Crippen LogP contribution in [0.15, 0.2) is 42.6 Å². The Balaban J connectivity index is 1.97. The lowest BCUT2D eigenvalue weighted by atomic mass is 10.2. The summed E-state index contributed by atoms with van der Waals surface area (Å²) in [5.41, 5.74) is 1.44. The first kappa shape index (κ1) is 13.4. The molecule has 0 spiro atoms. The predicted octanol–water partition coefficient (Wildman–Crippen LogP) is 2.55. The fraction of sp³-hybridized carbons (Fsp3) is 0.250. The van der Waals surface area contributed by atoms with Crippen LogP contribution in [0.3, 0.4) is 0 Å². The quantitative estimate of drug-likeness (QED) is 0.920. The van der Waals surface area contributed by atoms with E-state index >= 15 is 0 Å². The highest BCUT2D eigenvalue weighted by Crippen LogP contribution is 2.31. The summed E-state index contributed by atoms with van der Waals surface area (Å²) in [5, 5.41) is 2.95. The highest BCUT2D eigenvalue weighted by atomic mass is 16.5. The largest absolute Gasteiger partial charge is 0.491 e. The number of nitrogens with zero attached hydrogens (tertiary/aromatic N) is 2. The average molecular weight is 283 g/mol. The minimum absolute atomic E-state index is 0.0353. The third-order valence-electron chi connectivity index (χ3n) is 3.45. The van der Waals surface area contributed by atoms with Crippen LogP contribution in [0.2, 0.25) is 0 Å². The SMILES string of the molecule is CNc1cc(C(=O)N2CCCOc3ccccc32)ccn1. The number of rotatable bonds is 2. The molecule has 2 aromatic rings. The van der Waals surface area contributed by atoms with E-state index < -0.39 is 0 Å². The molecule has 3 rings (SSSR count). The molecule has 0 aliphatic carbocycles. The second-order valence-corrected chi connectivity index (χ2v) is 4.81. The summed E-state index contributed by atoms with van der Waals surface area (Å²) in [6.45, 7) is 1.27. The van der Waals surface area contributed by atoms with E-state index in [1.807, 2.05) is 24.3 Å². The van der Waals surface area contributed by atoms with Crippen LogP contribution in [0.1, 0.15) is 16.8 Å². The van der Waals surface area contributed by atoms with Crippen LogP contribution >= 0.6 is 0 Å². The highest BCUT2D eigenvalue weighted by molar-refractivity contribution is 6.07. The Hall–Kier alpha value is -2.56. The van der Waals surface area contributed by atoms with Crippen molar-refractivity contribution in [3.05, 3.63) is 48.2 Å². The number of anilines is 2. The monoisotopic (exact) mass is 283 g/mol. The van der Waals surface area contributed by atoms with Crippen molar-refractivity contribution in [1.82, 2.24) is 4.98 Å². The van der Waals surface area contributed by atoms with Crippen molar-refractivity contribution in [2.45, 2.75) is 6.42 Å². The number of carbonyl (C=O) groups is 1. The van der Waals surface area contributed by atoms with Gasteiger partial charge in [0.15, 0.2) is 0 Å². The maximum Gasteiger partial charge on any atom is 0.258 e. The number of nitrogens with one attached hydrogen (secondary N) is 1. The minimum atomic E-state index is -0.0353. The van der Waals surface area contributed by atoms with Crippen molar-refractivity contribution in [1.29, 1.82) is 0 Å². The number of benzene rings is 1. The van der Waals surface area contributed by atoms with E-state index in [0.29, 0.717) is 24.5 Å². The third kappa shape index (κ3) is 2.67. The van der Waals surface area contributed by atoms with Crippen molar-refractivity contribution in [3.8, 4) is 5.75 Å². The molecule has 0 radical (unpaired) electrons. The highest BCUT2D eigenvalue weighted by Gasteiger charge is 2.23. The molecule has 0 saturated heterocycles. The molecule has 0 fully saturated rings. The first-order valence-corrected chi connectivity index (χ1v) is 6.97. The second-order valence-electron chi connectivity index (χ2n) is 4.81. The molecule has 5 nitrogen and oxygen atoms in total. The summed E-state index contributed by atoms with van der Waals surface area (Å²) in [6, 6.07) is 11.1. The van der Waals surface area contributed by atoms with Gasteiger partial charge in [0, 0.05) is 25.4 Å². The Morgan fingerprint density at radius 3 is 3.05 bits per heavy atom. The number of para-hydroxylation sites is 2. The number of pyridine rings is 1. The molecule has 0 saturated carbocycles. The van der Waals surface area contributed by atoms with Gasteiger partial charge in [0.25, 0.3) is 5.91 Å². The van der Waals surface area contributed by atoms with Gasteiger partial charge in [-0.25, -0.2) is 4.98 Å². The van der Waals surface area contributed by atoms with Gasteiger partial charge in [0.1, 0.15) is 11.6 Å². The van der Waals surface area contributed by atoms with E-state index in [0.717, 1.165) is 17.9 Å². The molecular formula is C16H17N3O2. The molecule has 2 heterocycles. The molecule has 1 aromatic heterocycles. The number of amides is 1. The second kappa shape index (κ2) is 5.83. The number of hydrogen-bond donors (Lipinski definition) is 1. The Kier molecular flexibility index (Phi) is 3.73. The van der Waals surface area contributed by atoms with E-state index in [1.54, 1.807) is 30.3 Å². The van der Waals surface area contributed by atoms with Crippen LogP contribution in [0.4, 0.5) is 11.5 Å². The number of fused-ring (bicyclic) bond motifs is 1. The Labute approximate surface area is 123 Å². The standard InChI is InChI=1S/C16H17N3O2/c1-17-15-11-12(7-8-18-15)16(20)19-9-4-10-21-14-6-3-2-5-13(14)19/h2-3,5-8,11H,4,9-10H2,1H3,(H,17,18). The van der Waals surface area contributed by atoms with Gasteiger partial charge in [-0.05, 0) is 30.7 Å². The van der Waals surface area contributed by atoms with Gasteiger partial charge in [-0.3, -0.25) is 4.79 Å². The van der Waals surface area contributed by atoms with Crippen LogP contribution in [-0.4, -0.2) is 31.1 Å². The Morgan fingerprint density at radius 1 is 1.33 bits per heavy atom. The third-order valence-corrected chi connectivity index (χ3v) is 3.45. The van der Waals surface area contributed by atoms with Gasteiger partial charge < -0.3 is 15.0 Å². The molecular weight excluding hydrogens is 266 g/mol. The molecule has 0 atom stereocenters. The lowest BCUT2D eigenvalue weighted by Crippen LogP contribution is -2.31. The number of hydrogen-bond acceptors (Lipinski definition) is 4. The van der Waals surface area contributed by atoms with Gasteiger partial charge in [-0.2, -0.15) is 0 Å². The molecule has 21 heavy (non-hydrogen) atoms. The van der Waals surface area contributed by atoms with E-state index in [2.05, 4.69) is 10.3 Å². The molecule has 1 aliphatic heterocycles. The zero-order chi connectivity index (χ0) is 14.7. The zero-order valence-electron chi connectivity index (χ0n) is 11.9. The maximum atomic E-state index is 12.8. The Morgan fingerprint density at radius 2 is 2.19 bits per heavy atom. The zero-order valence-corrected chi connectivity index (χ0v) is 11.9. The summed E-state index contributed by atoms with van der Waals surface area (Å²) in [6.07, 6.45) is 2.45. The van der Waals surface area contributed by atoms with Gasteiger partial charge in [-0.1, -0.05) is 12.1 Å². The molecule has 1 aliphatic rings. The van der Waals surface area contributed by atoms with Crippen molar-refractivity contribution < 1.29 is 9.53 Å². The topological polar surface area (TPSA) is 54.5 Å². The summed E-state index contributed by atoms with van der Waals surface area (Å²) in [7, 11) is 1.78. The lowest BCUT2D eigenvalue weighted by molar-refractivity contribution is 0.0987. The normalized spacial score (nSPS) is 13.9. The van der Waals surface area contributed by atoms with Crippen LogP contribution in [0, 0.1) is 0 Å². The summed E-state index contributed by atoms with van der Waals surface area (Å²) in [4.78, 5) is 18.7. The van der Waals surface area contributed by atoms with Gasteiger partial charge in [-0.15, -0.1) is 0 Å². The van der Waals surface area contributed by atoms with Crippen molar-refractivity contribution >= 4 is 17.4 Å². The summed E-state index contributed by atoms with van der Waals surface area (Å²) >= 11 is 0. The molecule has 1 amide bonds. The van der Waals surface area contributed by atoms with E-state index in [-0.39, 0.29) is 5.91 Å². The Bertz CT molecular complexity index is 657. The van der Waals surface area contributed by atoms with E-state index in [1.165, 1.54) is 0 Å². The van der Waals surface area contributed by atoms with Gasteiger partial charge in [0.2, 0.25) is 0 Å². The van der Waals surface area contributed by atoms with Gasteiger partial charge in [0.05, 0.1) is 12.3 Å². The molecule has 0 bridgehead atoms. The van der Waals surface area contributed by atoms with E-state index in [4.69, 9.17) is 4.74 Å². The van der Waals surface area contributed by atoms with Crippen LogP contribution < -0.4 is 15.0 Å². The van der Waals surface area contributed by atoms with Crippen LogP contribution in [0.25, 0.3) is 0 Å². The molecule has 0 unspecified atom stereocenters. The number of ether oxygens (including phenoxy) is 1. The molecule has 1 aromatic carbocycles. The molecule has 5 heteroatoms. The smallest absolute Gasteiger partial charge is 0.258 e. The minimum Gasteiger partial charge on any atom is -0.491 e. The molecule has 108 valence electrons. The summed E-state index contributed by atoms with van der Waals surface area (Å²) < 4.78 is 5.69. The first-order valence-electron chi connectivity index (χ1n) is 6.97. The van der Waals surface area contributed by atoms with Crippen LogP contribution in [-0.2, 0) is 0 Å². The molecule has 1 N–H and O–H groups in total. The van der Waals surface area contributed by atoms with Crippen molar-refractivity contribution in [2.75, 3.05) is 30.4 Å². The van der Waals surface area contributed by atoms with Crippen molar-refractivity contribution in [2.24, 2.45) is 0 Å². The van der Waals surface area contributed by atoms with E-state index in [9.17, 15) is 4.79 Å². The van der Waals surface area contributed by atoms with Crippen LogP contribution in [0.5, 0.6) is 5.75 Å². The summed E-state index contributed by atoms with van der Waals surface area (Å²) in [5.74, 6) is 1.40. The first-order chi connectivity index (χ1) is 10.3. The fourth-order valence-electron chi connectivity index (χ4n) is 2.39. The number of aromatic nitrogens is 1. The van der Waals surface area contributed by atoms with Gasteiger partial charge >= 0.3 is 0 Å². The predicted molar refractivity (Wildman–Crippen MR) is 82.0 cm³/mol. The average Bonchev–Trinajstić information content (AvgIpc) is 2.76. The maximum absolute atomic E-state index is 12.8. The fourth-order valence-corrected chi connectivity index (χ4v) is 2.39.